The van der Waals surface area contributed by atoms with Gasteiger partial charge in [-0.25, -0.2) is 0 Å². The van der Waals surface area contributed by atoms with Crippen LogP contribution in [-0.2, 0) is 4.74 Å². The highest BCUT2D eigenvalue weighted by molar-refractivity contribution is 4.83. The van der Waals surface area contributed by atoms with Gasteiger partial charge in [0.2, 0.25) is 0 Å². The van der Waals surface area contributed by atoms with E-state index in [1.807, 2.05) is 0 Å². The molecule has 2 aliphatic rings. The van der Waals surface area contributed by atoms with Crippen molar-refractivity contribution < 1.29 is 4.74 Å². The molecular formula is C13H25NO. The van der Waals surface area contributed by atoms with E-state index in [-0.39, 0.29) is 0 Å². The van der Waals surface area contributed by atoms with Gasteiger partial charge in [-0.05, 0) is 38.0 Å². The summed E-state index contributed by atoms with van der Waals surface area (Å²) in [5.74, 6) is 1.79. The lowest BCUT2D eigenvalue weighted by Gasteiger charge is -2.26. The van der Waals surface area contributed by atoms with Crippen LogP contribution in [0.4, 0.5) is 0 Å². The van der Waals surface area contributed by atoms with Crippen molar-refractivity contribution in [1.82, 2.24) is 5.32 Å². The lowest BCUT2D eigenvalue weighted by Crippen LogP contribution is -2.41. The van der Waals surface area contributed by atoms with E-state index < -0.39 is 0 Å². The molecule has 0 bridgehead atoms. The Morgan fingerprint density at radius 3 is 2.67 bits per heavy atom. The van der Waals surface area contributed by atoms with Gasteiger partial charge in [0.1, 0.15) is 0 Å². The molecule has 0 aromatic carbocycles. The van der Waals surface area contributed by atoms with Crippen LogP contribution in [0.1, 0.15) is 46.0 Å². The highest BCUT2D eigenvalue weighted by Gasteiger charge is 2.28. The summed E-state index contributed by atoms with van der Waals surface area (Å²) in [5.41, 5.74) is 0. The number of rotatable bonds is 6. The Morgan fingerprint density at radius 1 is 1.33 bits per heavy atom. The number of ether oxygens (including phenoxy) is 1. The van der Waals surface area contributed by atoms with Crippen molar-refractivity contribution in [2.45, 2.75) is 58.0 Å². The molecule has 3 unspecified atom stereocenters. The van der Waals surface area contributed by atoms with E-state index in [0.717, 1.165) is 25.0 Å². The first kappa shape index (κ1) is 11.4. The number of hydrogen-bond acceptors (Lipinski definition) is 2. The molecule has 2 fully saturated rings. The second kappa shape index (κ2) is 5.31. The molecule has 0 aromatic rings. The molecule has 1 heterocycles. The van der Waals surface area contributed by atoms with E-state index in [0.29, 0.717) is 12.1 Å². The van der Waals surface area contributed by atoms with E-state index in [4.69, 9.17) is 4.74 Å². The van der Waals surface area contributed by atoms with Crippen molar-refractivity contribution in [3.05, 3.63) is 0 Å². The molecule has 1 saturated heterocycles. The first-order valence-electron chi connectivity index (χ1n) is 6.63. The van der Waals surface area contributed by atoms with E-state index >= 15 is 0 Å². The monoisotopic (exact) mass is 211 g/mol. The molecule has 0 radical (unpaired) electrons. The minimum absolute atomic E-state index is 0.682. The second-order valence-corrected chi connectivity index (χ2v) is 5.39. The SMILES string of the molecule is CCC(NC(C)CC1CC1)C1CCOC1. The Hall–Kier alpha value is -0.0800. The summed E-state index contributed by atoms with van der Waals surface area (Å²) in [5, 5.41) is 3.80. The Morgan fingerprint density at radius 2 is 2.13 bits per heavy atom. The summed E-state index contributed by atoms with van der Waals surface area (Å²) >= 11 is 0. The van der Waals surface area contributed by atoms with Crippen LogP contribution in [0, 0.1) is 11.8 Å². The zero-order valence-electron chi connectivity index (χ0n) is 10.2. The van der Waals surface area contributed by atoms with Crippen LogP contribution in [0.2, 0.25) is 0 Å². The lowest BCUT2D eigenvalue weighted by molar-refractivity contribution is 0.173. The molecule has 1 saturated carbocycles. The average Bonchev–Trinajstić information content (AvgIpc) is 2.86. The van der Waals surface area contributed by atoms with Crippen LogP contribution < -0.4 is 5.32 Å². The van der Waals surface area contributed by atoms with Gasteiger partial charge < -0.3 is 10.1 Å². The van der Waals surface area contributed by atoms with Gasteiger partial charge in [0.15, 0.2) is 0 Å². The molecule has 2 nitrogen and oxygen atoms in total. The summed E-state index contributed by atoms with van der Waals surface area (Å²) in [6.07, 6.45) is 6.81. The summed E-state index contributed by atoms with van der Waals surface area (Å²) in [4.78, 5) is 0. The maximum absolute atomic E-state index is 5.47. The van der Waals surface area contributed by atoms with Crippen LogP contribution in [0.5, 0.6) is 0 Å². The predicted molar refractivity (Wildman–Crippen MR) is 62.9 cm³/mol. The Kier molecular flexibility index (Phi) is 4.04. The molecule has 0 amide bonds. The highest BCUT2D eigenvalue weighted by Crippen LogP contribution is 2.33. The first-order chi connectivity index (χ1) is 7.29. The van der Waals surface area contributed by atoms with Crippen LogP contribution >= 0.6 is 0 Å². The van der Waals surface area contributed by atoms with Crippen LogP contribution in [0.3, 0.4) is 0 Å². The fourth-order valence-electron chi connectivity index (χ4n) is 2.74. The van der Waals surface area contributed by atoms with Crippen LogP contribution in [0.25, 0.3) is 0 Å². The Labute approximate surface area is 93.8 Å². The highest BCUT2D eigenvalue weighted by atomic mass is 16.5. The third-order valence-electron chi connectivity index (χ3n) is 3.86. The lowest BCUT2D eigenvalue weighted by atomic mass is 9.95. The Balaban J connectivity index is 1.72. The summed E-state index contributed by atoms with van der Waals surface area (Å²) in [7, 11) is 0. The molecule has 15 heavy (non-hydrogen) atoms. The molecule has 0 aromatic heterocycles. The molecule has 0 spiro atoms. The van der Waals surface area contributed by atoms with Crippen molar-refractivity contribution in [3.8, 4) is 0 Å². The molecule has 2 heteroatoms. The molecule has 2 rings (SSSR count). The van der Waals surface area contributed by atoms with Crippen LogP contribution in [0.15, 0.2) is 0 Å². The molecule has 3 atom stereocenters. The molecule has 1 N–H and O–H groups in total. The van der Waals surface area contributed by atoms with Crippen molar-refractivity contribution in [3.63, 3.8) is 0 Å². The normalized spacial score (nSPS) is 30.4. The fourth-order valence-corrected chi connectivity index (χ4v) is 2.74. The van der Waals surface area contributed by atoms with Crippen LogP contribution in [-0.4, -0.2) is 25.3 Å². The van der Waals surface area contributed by atoms with Gasteiger partial charge in [0.25, 0.3) is 0 Å². The average molecular weight is 211 g/mol. The second-order valence-electron chi connectivity index (χ2n) is 5.39. The van der Waals surface area contributed by atoms with Gasteiger partial charge in [-0.1, -0.05) is 19.8 Å². The van der Waals surface area contributed by atoms with Crippen molar-refractivity contribution >= 4 is 0 Å². The summed E-state index contributed by atoms with van der Waals surface area (Å²) in [6.45, 7) is 6.58. The zero-order valence-corrected chi connectivity index (χ0v) is 10.2. The van der Waals surface area contributed by atoms with Gasteiger partial charge in [0.05, 0.1) is 6.61 Å². The number of nitrogens with one attached hydrogen (secondary N) is 1. The largest absolute Gasteiger partial charge is 0.381 e. The maximum atomic E-state index is 5.47. The summed E-state index contributed by atoms with van der Waals surface area (Å²) in [6, 6.07) is 1.38. The van der Waals surface area contributed by atoms with Crippen molar-refractivity contribution in [1.29, 1.82) is 0 Å². The van der Waals surface area contributed by atoms with Gasteiger partial charge in [-0.15, -0.1) is 0 Å². The van der Waals surface area contributed by atoms with E-state index in [9.17, 15) is 0 Å². The topological polar surface area (TPSA) is 21.3 Å². The van der Waals surface area contributed by atoms with E-state index in [1.165, 1.54) is 32.1 Å². The Bertz CT molecular complexity index is 185. The third kappa shape index (κ3) is 3.46. The molecular weight excluding hydrogens is 186 g/mol. The zero-order chi connectivity index (χ0) is 10.7. The maximum Gasteiger partial charge on any atom is 0.0510 e. The van der Waals surface area contributed by atoms with Gasteiger partial charge in [-0.3, -0.25) is 0 Å². The predicted octanol–water partition coefficient (Wildman–Crippen LogP) is 2.58. The molecule has 1 aliphatic carbocycles. The smallest absolute Gasteiger partial charge is 0.0510 e. The minimum atomic E-state index is 0.682. The van der Waals surface area contributed by atoms with Gasteiger partial charge >= 0.3 is 0 Å². The summed E-state index contributed by atoms with van der Waals surface area (Å²) < 4.78 is 5.47. The van der Waals surface area contributed by atoms with E-state index in [2.05, 4.69) is 19.2 Å². The third-order valence-corrected chi connectivity index (χ3v) is 3.86. The van der Waals surface area contributed by atoms with Gasteiger partial charge in [-0.2, -0.15) is 0 Å². The standard InChI is InChI=1S/C13H25NO/c1-3-13(12-6-7-15-9-12)14-10(2)8-11-4-5-11/h10-14H,3-9H2,1-2H3. The molecule has 1 aliphatic heterocycles. The number of hydrogen-bond donors (Lipinski definition) is 1. The quantitative estimate of drug-likeness (QED) is 0.729. The fraction of sp³-hybridized carbons (Fsp3) is 1.00. The van der Waals surface area contributed by atoms with Crippen molar-refractivity contribution in [2.75, 3.05) is 13.2 Å². The minimum Gasteiger partial charge on any atom is -0.381 e. The first-order valence-corrected chi connectivity index (χ1v) is 6.63. The van der Waals surface area contributed by atoms with Gasteiger partial charge in [0, 0.05) is 18.7 Å². The molecule has 88 valence electrons. The van der Waals surface area contributed by atoms with E-state index in [1.54, 1.807) is 0 Å². The van der Waals surface area contributed by atoms with Crippen molar-refractivity contribution in [2.24, 2.45) is 11.8 Å².